The van der Waals surface area contributed by atoms with Gasteiger partial charge in [-0.1, -0.05) is 11.3 Å². The minimum absolute atomic E-state index is 0.234. The van der Waals surface area contributed by atoms with Crippen molar-refractivity contribution in [2.24, 2.45) is 0 Å². The Labute approximate surface area is 132 Å². The summed E-state index contributed by atoms with van der Waals surface area (Å²) in [5.41, 5.74) is 0.493. The van der Waals surface area contributed by atoms with Crippen LogP contribution in [0.3, 0.4) is 0 Å². The molecule has 0 atom stereocenters. The smallest absolute Gasteiger partial charge is 0.257 e. The predicted molar refractivity (Wildman–Crippen MR) is 84.0 cm³/mol. The van der Waals surface area contributed by atoms with E-state index in [9.17, 15) is 4.79 Å². The van der Waals surface area contributed by atoms with Crippen LogP contribution in [0.15, 0.2) is 18.2 Å². The second kappa shape index (κ2) is 6.31. The van der Waals surface area contributed by atoms with Crippen LogP contribution in [0.25, 0.3) is 0 Å². The fourth-order valence-corrected chi connectivity index (χ4v) is 2.94. The molecule has 1 saturated carbocycles. The number of hydrogen-bond donors (Lipinski definition) is 1. The molecule has 0 saturated heterocycles. The van der Waals surface area contributed by atoms with E-state index < -0.39 is 0 Å². The van der Waals surface area contributed by atoms with Crippen molar-refractivity contribution in [1.82, 2.24) is 10.2 Å². The first-order valence-corrected chi connectivity index (χ1v) is 7.98. The molecular weight excluding hydrogens is 302 g/mol. The minimum Gasteiger partial charge on any atom is -0.493 e. The van der Waals surface area contributed by atoms with Gasteiger partial charge in [-0.3, -0.25) is 10.1 Å². The maximum Gasteiger partial charge on any atom is 0.257 e. The summed E-state index contributed by atoms with van der Waals surface area (Å²) in [6, 6.07) is 5.08. The Balaban J connectivity index is 1.74. The molecule has 116 valence electrons. The van der Waals surface area contributed by atoms with Gasteiger partial charge in [-0.05, 0) is 38.0 Å². The van der Waals surface area contributed by atoms with Crippen molar-refractivity contribution < 1.29 is 14.3 Å². The lowest BCUT2D eigenvalue weighted by atomic mass is 10.2. The van der Waals surface area contributed by atoms with E-state index in [1.54, 1.807) is 25.3 Å². The van der Waals surface area contributed by atoms with Crippen LogP contribution in [0.5, 0.6) is 11.5 Å². The lowest BCUT2D eigenvalue weighted by Crippen LogP contribution is -2.12. The molecule has 0 unspecified atom stereocenters. The lowest BCUT2D eigenvalue weighted by Gasteiger charge is -2.10. The molecule has 1 aliphatic rings. The summed E-state index contributed by atoms with van der Waals surface area (Å²) in [6.07, 6.45) is 2.33. The molecule has 0 aliphatic heterocycles. The van der Waals surface area contributed by atoms with Gasteiger partial charge in [0.25, 0.3) is 5.91 Å². The summed E-state index contributed by atoms with van der Waals surface area (Å²) >= 11 is 1.44. The Hall–Kier alpha value is -2.15. The Bertz CT molecular complexity index is 682. The standard InChI is InChI=1S/C15H17N3O3S/c1-3-21-12-8-10(6-7-11(12)20-2)13(19)16-15-18-17-14(22-15)9-4-5-9/h6-9H,3-5H2,1-2H3,(H,16,18,19). The van der Waals surface area contributed by atoms with Gasteiger partial charge < -0.3 is 9.47 Å². The molecule has 1 aromatic heterocycles. The predicted octanol–water partition coefficient (Wildman–Crippen LogP) is 3.08. The van der Waals surface area contributed by atoms with Gasteiger partial charge in [-0.15, -0.1) is 10.2 Å². The number of rotatable bonds is 6. The molecule has 3 rings (SSSR count). The van der Waals surface area contributed by atoms with Gasteiger partial charge in [-0.2, -0.15) is 0 Å². The topological polar surface area (TPSA) is 73.3 Å². The minimum atomic E-state index is -0.234. The van der Waals surface area contributed by atoms with Crippen LogP contribution in [-0.2, 0) is 0 Å². The van der Waals surface area contributed by atoms with Crippen molar-refractivity contribution in [3.8, 4) is 11.5 Å². The van der Waals surface area contributed by atoms with E-state index in [-0.39, 0.29) is 5.91 Å². The quantitative estimate of drug-likeness (QED) is 0.886. The van der Waals surface area contributed by atoms with Gasteiger partial charge in [0.15, 0.2) is 11.5 Å². The number of carbonyl (C=O) groups is 1. The molecule has 6 nitrogen and oxygen atoms in total. The fourth-order valence-electron chi connectivity index (χ4n) is 2.04. The Morgan fingerprint density at radius 1 is 1.36 bits per heavy atom. The fraction of sp³-hybridized carbons (Fsp3) is 0.400. The van der Waals surface area contributed by atoms with Gasteiger partial charge in [0.1, 0.15) is 5.01 Å². The number of hydrogen-bond acceptors (Lipinski definition) is 6. The average molecular weight is 319 g/mol. The summed E-state index contributed by atoms with van der Waals surface area (Å²) in [6.45, 7) is 2.38. The maximum absolute atomic E-state index is 12.3. The van der Waals surface area contributed by atoms with Crippen LogP contribution in [0.1, 0.15) is 41.0 Å². The molecule has 1 fully saturated rings. The van der Waals surface area contributed by atoms with Crippen LogP contribution in [0, 0.1) is 0 Å². The second-order valence-corrected chi connectivity index (χ2v) is 5.98. The van der Waals surface area contributed by atoms with Crippen molar-refractivity contribution >= 4 is 22.4 Å². The maximum atomic E-state index is 12.3. The summed E-state index contributed by atoms with van der Waals surface area (Å²) < 4.78 is 10.7. The summed E-state index contributed by atoms with van der Waals surface area (Å²) in [7, 11) is 1.57. The average Bonchev–Trinajstić information content (AvgIpc) is 3.28. The van der Waals surface area contributed by atoms with Crippen molar-refractivity contribution in [3.05, 3.63) is 28.8 Å². The van der Waals surface area contributed by atoms with Crippen LogP contribution in [-0.4, -0.2) is 29.8 Å². The molecule has 22 heavy (non-hydrogen) atoms. The molecule has 1 aromatic carbocycles. The highest BCUT2D eigenvalue weighted by Gasteiger charge is 2.27. The molecular formula is C15H17N3O3S. The zero-order valence-corrected chi connectivity index (χ0v) is 13.3. The van der Waals surface area contributed by atoms with E-state index in [0.717, 1.165) is 5.01 Å². The molecule has 1 heterocycles. The number of amides is 1. The summed E-state index contributed by atoms with van der Waals surface area (Å²) in [5.74, 6) is 1.45. The number of nitrogens with zero attached hydrogens (tertiary/aromatic N) is 2. The van der Waals surface area contributed by atoms with Crippen molar-refractivity contribution in [2.45, 2.75) is 25.7 Å². The zero-order chi connectivity index (χ0) is 15.5. The first kappa shape index (κ1) is 14.8. The molecule has 1 N–H and O–H groups in total. The highest BCUT2D eigenvalue weighted by atomic mass is 32.1. The summed E-state index contributed by atoms with van der Waals surface area (Å²) in [4.78, 5) is 12.3. The third-order valence-electron chi connectivity index (χ3n) is 3.31. The van der Waals surface area contributed by atoms with E-state index in [4.69, 9.17) is 9.47 Å². The number of methoxy groups -OCH3 is 1. The number of nitrogens with one attached hydrogen (secondary N) is 1. The molecule has 2 aromatic rings. The van der Waals surface area contributed by atoms with E-state index in [1.807, 2.05) is 6.92 Å². The molecule has 1 aliphatic carbocycles. The van der Waals surface area contributed by atoms with Crippen molar-refractivity contribution in [2.75, 3.05) is 19.0 Å². The van der Waals surface area contributed by atoms with Gasteiger partial charge in [0, 0.05) is 11.5 Å². The number of benzene rings is 1. The van der Waals surface area contributed by atoms with E-state index in [0.29, 0.717) is 34.7 Å². The first-order valence-electron chi connectivity index (χ1n) is 7.17. The van der Waals surface area contributed by atoms with Gasteiger partial charge >= 0.3 is 0 Å². The van der Waals surface area contributed by atoms with Crippen LogP contribution in [0.4, 0.5) is 5.13 Å². The van der Waals surface area contributed by atoms with E-state index in [1.165, 1.54) is 24.2 Å². The first-order chi connectivity index (χ1) is 10.7. The van der Waals surface area contributed by atoms with E-state index >= 15 is 0 Å². The third-order valence-corrected chi connectivity index (χ3v) is 4.31. The van der Waals surface area contributed by atoms with Crippen LogP contribution >= 0.6 is 11.3 Å². The van der Waals surface area contributed by atoms with Crippen molar-refractivity contribution in [3.63, 3.8) is 0 Å². The molecule has 0 radical (unpaired) electrons. The summed E-state index contributed by atoms with van der Waals surface area (Å²) in [5, 5.41) is 12.4. The molecule has 0 bridgehead atoms. The number of anilines is 1. The Morgan fingerprint density at radius 2 is 2.18 bits per heavy atom. The van der Waals surface area contributed by atoms with Gasteiger partial charge in [-0.25, -0.2) is 0 Å². The monoisotopic (exact) mass is 319 g/mol. The normalized spacial score (nSPS) is 13.7. The number of carbonyl (C=O) groups excluding carboxylic acids is 1. The van der Waals surface area contributed by atoms with Crippen LogP contribution < -0.4 is 14.8 Å². The number of ether oxygens (including phenoxy) is 2. The Morgan fingerprint density at radius 3 is 2.86 bits per heavy atom. The van der Waals surface area contributed by atoms with Crippen molar-refractivity contribution in [1.29, 1.82) is 0 Å². The third kappa shape index (κ3) is 3.19. The van der Waals surface area contributed by atoms with Crippen LogP contribution in [0.2, 0.25) is 0 Å². The highest BCUT2D eigenvalue weighted by molar-refractivity contribution is 7.15. The Kier molecular flexibility index (Phi) is 4.24. The molecule has 0 spiro atoms. The molecule has 7 heteroatoms. The molecule has 1 amide bonds. The SMILES string of the molecule is CCOc1cc(C(=O)Nc2nnc(C3CC3)s2)ccc1OC. The largest absolute Gasteiger partial charge is 0.493 e. The van der Waals surface area contributed by atoms with Gasteiger partial charge in [0.2, 0.25) is 5.13 Å². The van der Waals surface area contributed by atoms with E-state index in [2.05, 4.69) is 15.5 Å². The highest BCUT2D eigenvalue weighted by Crippen LogP contribution is 2.42. The number of aromatic nitrogens is 2. The zero-order valence-electron chi connectivity index (χ0n) is 12.5. The second-order valence-electron chi connectivity index (χ2n) is 4.97. The van der Waals surface area contributed by atoms with Gasteiger partial charge in [0.05, 0.1) is 13.7 Å². The lowest BCUT2D eigenvalue weighted by molar-refractivity contribution is 0.102.